The Kier molecular flexibility index (Phi) is 8.87. The number of nitrogens with zero attached hydrogens (tertiary/aromatic N) is 2. The monoisotopic (exact) mass is 558 g/mol. The molecule has 0 N–H and O–H groups in total. The van der Waals surface area contributed by atoms with Crippen molar-refractivity contribution in [2.24, 2.45) is 0 Å². The molecule has 0 saturated carbocycles. The molecule has 0 radical (unpaired) electrons. The zero-order valence-corrected chi connectivity index (χ0v) is 24.3. The van der Waals surface area contributed by atoms with E-state index in [1.54, 1.807) is 32.9 Å². The summed E-state index contributed by atoms with van der Waals surface area (Å²) in [5.41, 5.74) is -0.0691. The summed E-state index contributed by atoms with van der Waals surface area (Å²) in [4.78, 5) is 39.6. The molecular weight excluding hydrogens is 524 g/mol. The number of carbonyl (C=O) groups excluding carboxylic acids is 3. The van der Waals surface area contributed by atoms with E-state index in [9.17, 15) is 14.4 Å². The summed E-state index contributed by atoms with van der Waals surface area (Å²) in [6.45, 7) is 5.12. The van der Waals surface area contributed by atoms with Crippen LogP contribution in [0.15, 0.2) is 18.2 Å². The largest absolute Gasteiger partial charge is 0.493 e. The Morgan fingerprint density at radius 2 is 1.40 bits per heavy atom. The predicted molar refractivity (Wildman–Crippen MR) is 143 cm³/mol. The molecular formula is C28H34N2O10. The summed E-state index contributed by atoms with van der Waals surface area (Å²) < 4.78 is 38.8. The van der Waals surface area contributed by atoms with Gasteiger partial charge in [0, 0.05) is 24.9 Å². The summed E-state index contributed by atoms with van der Waals surface area (Å²) >= 11 is 0. The van der Waals surface area contributed by atoms with Crippen LogP contribution in [-0.2, 0) is 14.3 Å². The number of amides is 2. The van der Waals surface area contributed by atoms with Crippen LogP contribution in [0.5, 0.6) is 28.7 Å². The van der Waals surface area contributed by atoms with Crippen molar-refractivity contribution >= 4 is 23.5 Å². The van der Waals surface area contributed by atoms with Gasteiger partial charge in [0.1, 0.15) is 16.8 Å². The molecule has 216 valence electrons. The van der Waals surface area contributed by atoms with Gasteiger partial charge in [-0.3, -0.25) is 4.79 Å². The van der Waals surface area contributed by atoms with Gasteiger partial charge in [0.2, 0.25) is 5.75 Å². The maximum absolute atomic E-state index is 14.0. The summed E-state index contributed by atoms with van der Waals surface area (Å²) in [5.74, 6) is 2.36. The molecule has 1 heterocycles. The van der Waals surface area contributed by atoms with Crippen molar-refractivity contribution in [1.82, 2.24) is 10.0 Å². The fraction of sp³-hybridized carbons (Fsp3) is 0.429. The van der Waals surface area contributed by atoms with Crippen LogP contribution >= 0.6 is 0 Å². The van der Waals surface area contributed by atoms with E-state index in [2.05, 4.69) is 0 Å². The van der Waals surface area contributed by atoms with Crippen LogP contribution in [0.2, 0.25) is 0 Å². The van der Waals surface area contributed by atoms with E-state index in [1.165, 1.54) is 55.8 Å². The first kappa shape index (κ1) is 30.1. The first-order valence-corrected chi connectivity index (χ1v) is 12.1. The lowest BCUT2D eigenvalue weighted by Crippen LogP contribution is -2.60. The number of hydrogen-bond acceptors (Lipinski definition) is 10. The lowest BCUT2D eigenvalue weighted by molar-refractivity contribution is -0.0906. The van der Waals surface area contributed by atoms with Crippen LogP contribution in [0.25, 0.3) is 5.57 Å². The van der Waals surface area contributed by atoms with Crippen molar-refractivity contribution in [3.63, 3.8) is 0 Å². The van der Waals surface area contributed by atoms with E-state index >= 15 is 0 Å². The molecule has 3 rings (SSSR count). The van der Waals surface area contributed by atoms with Gasteiger partial charge in [0.25, 0.3) is 5.91 Å². The number of fused-ring (bicyclic) bond motifs is 1. The maximum atomic E-state index is 14.0. The van der Waals surface area contributed by atoms with Gasteiger partial charge in [-0.15, -0.1) is 0 Å². The summed E-state index contributed by atoms with van der Waals surface area (Å²) in [6, 6.07) is 4.70. The molecule has 12 heteroatoms. The van der Waals surface area contributed by atoms with Crippen LogP contribution in [0.4, 0.5) is 4.79 Å². The van der Waals surface area contributed by atoms with Gasteiger partial charge in [0.05, 0.1) is 41.1 Å². The van der Waals surface area contributed by atoms with Gasteiger partial charge in [-0.1, -0.05) is 0 Å². The van der Waals surface area contributed by atoms with Crippen molar-refractivity contribution in [1.29, 1.82) is 0 Å². The number of methoxy groups -OCH3 is 6. The highest BCUT2D eigenvalue weighted by molar-refractivity contribution is 6.01. The molecule has 0 fully saturated rings. The normalized spacial score (nSPS) is 14.7. The van der Waals surface area contributed by atoms with Gasteiger partial charge in [-0.25, -0.2) is 19.6 Å². The molecule has 0 spiro atoms. The molecule has 0 aromatic heterocycles. The Labute approximate surface area is 232 Å². The average Bonchev–Trinajstić information content (AvgIpc) is 2.93. The van der Waals surface area contributed by atoms with Gasteiger partial charge in [0.15, 0.2) is 29.2 Å². The maximum Gasteiger partial charge on any atom is 0.429 e. The molecule has 2 amide bonds. The molecule has 1 atom stereocenters. The smallest absolute Gasteiger partial charge is 0.429 e. The third kappa shape index (κ3) is 5.23. The minimum atomic E-state index is -1.23. The molecule has 0 saturated heterocycles. The zero-order valence-electron chi connectivity index (χ0n) is 24.3. The number of rotatable bonds is 8. The van der Waals surface area contributed by atoms with Crippen LogP contribution in [-0.4, -0.2) is 89.5 Å². The Balaban J connectivity index is 2.55. The quantitative estimate of drug-likeness (QED) is 0.473. The molecule has 0 aliphatic carbocycles. The number of carbonyl (C=O) groups is 2. The standard InChI is InChI=1S/C28H34N2O10/c1-28(2,3)40-27(33)29(4)30-25(32)16-13-20(36-7)23(37-8)17(14-31)22(16)21(26(30)39-10)15-11-18(34-5)24(38-9)19(12-15)35-6/h11-13,26H,1-10H3. The van der Waals surface area contributed by atoms with E-state index in [0.29, 0.717) is 28.4 Å². The van der Waals surface area contributed by atoms with E-state index in [-0.39, 0.29) is 27.5 Å². The fourth-order valence-electron chi connectivity index (χ4n) is 4.47. The third-order valence-corrected chi connectivity index (χ3v) is 6.13. The van der Waals surface area contributed by atoms with Gasteiger partial charge in [-0.05, 0) is 44.5 Å². The number of hydrogen-bond donors (Lipinski definition) is 0. The SMILES string of the molecule is COc1cc(C2=c3c(cc(OC)c(OC)c3=C=O)C(=O)N(N(C)C(=O)OC(C)(C)C)C2OC)cc(OC)c1OC. The number of benzene rings is 2. The molecule has 12 nitrogen and oxygen atoms in total. The summed E-state index contributed by atoms with van der Waals surface area (Å²) in [7, 11) is 9.86. The highest BCUT2D eigenvalue weighted by atomic mass is 16.6. The van der Waals surface area contributed by atoms with Gasteiger partial charge in [-0.2, -0.15) is 0 Å². The van der Waals surface area contributed by atoms with E-state index < -0.39 is 23.8 Å². The highest BCUT2D eigenvalue weighted by Crippen LogP contribution is 2.41. The third-order valence-electron chi connectivity index (χ3n) is 6.13. The van der Waals surface area contributed by atoms with Crippen molar-refractivity contribution in [2.45, 2.75) is 32.6 Å². The molecule has 1 aliphatic rings. The van der Waals surface area contributed by atoms with E-state index in [1.807, 2.05) is 5.94 Å². The molecule has 2 aromatic rings. The number of hydrazine groups is 1. The first-order chi connectivity index (χ1) is 18.9. The van der Waals surface area contributed by atoms with Crippen molar-refractivity contribution in [2.75, 3.05) is 49.7 Å². The summed E-state index contributed by atoms with van der Waals surface area (Å²) in [6.07, 6.45) is -2.04. The van der Waals surface area contributed by atoms with E-state index in [4.69, 9.17) is 33.2 Å². The molecule has 40 heavy (non-hydrogen) atoms. The molecule has 2 aromatic carbocycles. The summed E-state index contributed by atoms with van der Waals surface area (Å²) in [5, 5.41) is 2.21. The highest BCUT2D eigenvalue weighted by Gasteiger charge is 2.42. The fourth-order valence-corrected chi connectivity index (χ4v) is 4.47. The predicted octanol–water partition coefficient (Wildman–Crippen LogP) is 1.64. The van der Waals surface area contributed by atoms with Crippen LogP contribution in [0.1, 0.15) is 36.7 Å². The van der Waals surface area contributed by atoms with Gasteiger partial charge < -0.3 is 33.2 Å². The molecule has 1 aliphatic heterocycles. The Hall–Kier alpha value is -4.41. The van der Waals surface area contributed by atoms with Crippen LogP contribution in [0, 0.1) is 0 Å². The van der Waals surface area contributed by atoms with Crippen molar-refractivity contribution in [3.05, 3.63) is 39.8 Å². The van der Waals surface area contributed by atoms with Crippen LogP contribution in [0.3, 0.4) is 0 Å². The molecule has 1 unspecified atom stereocenters. The van der Waals surface area contributed by atoms with Crippen LogP contribution < -0.4 is 34.1 Å². The Morgan fingerprint density at radius 3 is 1.82 bits per heavy atom. The average molecular weight is 559 g/mol. The second-order valence-electron chi connectivity index (χ2n) is 9.58. The second-order valence-corrected chi connectivity index (χ2v) is 9.58. The number of ether oxygens (including phenoxy) is 7. The first-order valence-electron chi connectivity index (χ1n) is 12.1. The zero-order chi connectivity index (χ0) is 29.9. The lowest BCUT2D eigenvalue weighted by atomic mass is 9.92. The minimum Gasteiger partial charge on any atom is -0.493 e. The van der Waals surface area contributed by atoms with Crippen molar-refractivity contribution in [3.8, 4) is 28.7 Å². The second kappa shape index (κ2) is 11.8. The Bertz CT molecular complexity index is 1430. The lowest BCUT2D eigenvalue weighted by Gasteiger charge is -2.41. The van der Waals surface area contributed by atoms with Gasteiger partial charge >= 0.3 is 6.09 Å². The minimum absolute atomic E-state index is 0.0310. The van der Waals surface area contributed by atoms with E-state index in [0.717, 1.165) is 10.0 Å². The van der Waals surface area contributed by atoms with Crippen molar-refractivity contribution < 1.29 is 47.5 Å². The topological polar surface area (TPSA) is 122 Å². The molecule has 0 bridgehead atoms. The Morgan fingerprint density at radius 1 is 0.875 bits per heavy atom.